The summed E-state index contributed by atoms with van der Waals surface area (Å²) in [6.07, 6.45) is 0.827. The molecule has 0 aliphatic rings. The Morgan fingerprint density at radius 3 is 2.43 bits per heavy atom. The fourth-order valence-electron chi connectivity index (χ4n) is 1.99. The number of thiazole rings is 1. The molecular formula is C16H16BrN3S3. The van der Waals surface area contributed by atoms with Crippen LogP contribution in [0.4, 0.5) is 0 Å². The van der Waals surface area contributed by atoms with Crippen LogP contribution in [0, 0.1) is 0 Å². The maximum absolute atomic E-state index is 4.74. The van der Waals surface area contributed by atoms with Crippen LogP contribution in [-0.4, -0.2) is 15.2 Å². The number of hydrogen-bond donors (Lipinski definition) is 0. The van der Waals surface area contributed by atoms with Gasteiger partial charge in [0.15, 0.2) is 8.68 Å². The van der Waals surface area contributed by atoms with Gasteiger partial charge in [0, 0.05) is 11.8 Å². The summed E-state index contributed by atoms with van der Waals surface area (Å²) >= 11 is 8.51. The van der Waals surface area contributed by atoms with Gasteiger partial charge < -0.3 is 0 Å². The monoisotopic (exact) mass is 425 g/mol. The smallest absolute Gasteiger partial charge is 0.181 e. The van der Waals surface area contributed by atoms with Crippen molar-refractivity contribution in [2.75, 3.05) is 0 Å². The number of aromatic nitrogens is 3. The van der Waals surface area contributed by atoms with Gasteiger partial charge in [-0.25, -0.2) is 4.98 Å². The summed E-state index contributed by atoms with van der Waals surface area (Å²) in [7, 11) is 0. The predicted octanol–water partition coefficient (Wildman–Crippen LogP) is 5.80. The second-order valence-electron chi connectivity index (χ2n) is 6.08. The minimum Gasteiger partial charge on any atom is -0.232 e. The van der Waals surface area contributed by atoms with Crippen LogP contribution < -0.4 is 0 Å². The zero-order chi connectivity index (χ0) is 16.4. The Labute approximate surface area is 156 Å². The molecule has 0 spiro atoms. The van der Waals surface area contributed by atoms with Crippen LogP contribution in [0.2, 0.25) is 0 Å². The molecule has 0 atom stereocenters. The van der Waals surface area contributed by atoms with E-state index in [2.05, 4.69) is 59.0 Å². The van der Waals surface area contributed by atoms with E-state index in [1.165, 1.54) is 5.56 Å². The molecule has 1 aromatic carbocycles. The van der Waals surface area contributed by atoms with Crippen molar-refractivity contribution < 1.29 is 0 Å². The fourth-order valence-corrected chi connectivity index (χ4v) is 6.66. The van der Waals surface area contributed by atoms with Crippen molar-refractivity contribution in [2.24, 2.45) is 0 Å². The number of halogens is 1. The van der Waals surface area contributed by atoms with E-state index in [0.717, 1.165) is 29.6 Å². The first-order valence-corrected chi connectivity index (χ1v) is 10.4. The predicted molar refractivity (Wildman–Crippen MR) is 102 cm³/mol. The molecule has 0 saturated heterocycles. The van der Waals surface area contributed by atoms with Crippen LogP contribution in [0.15, 0.2) is 42.8 Å². The lowest BCUT2D eigenvalue weighted by molar-refractivity contribution is 0.567. The van der Waals surface area contributed by atoms with Crippen molar-refractivity contribution in [3.05, 3.63) is 50.4 Å². The average molecular weight is 426 g/mol. The Kier molecular flexibility index (Phi) is 5.20. The molecule has 0 amide bonds. The second kappa shape index (κ2) is 7.01. The molecule has 3 rings (SSSR count). The molecule has 0 aliphatic heterocycles. The first-order chi connectivity index (χ1) is 10.9. The van der Waals surface area contributed by atoms with Gasteiger partial charge in [-0.3, -0.25) is 0 Å². The van der Waals surface area contributed by atoms with Gasteiger partial charge in [-0.05, 0) is 33.3 Å². The van der Waals surface area contributed by atoms with E-state index in [-0.39, 0.29) is 5.41 Å². The summed E-state index contributed by atoms with van der Waals surface area (Å²) in [5.74, 6) is 0. The Hall–Kier alpha value is -0.760. The molecule has 0 fully saturated rings. The first-order valence-electron chi connectivity index (χ1n) is 7.13. The Morgan fingerprint density at radius 1 is 1.04 bits per heavy atom. The van der Waals surface area contributed by atoms with E-state index in [9.17, 15) is 0 Å². The topological polar surface area (TPSA) is 38.7 Å². The first kappa shape index (κ1) is 17.1. The molecule has 120 valence electrons. The summed E-state index contributed by atoms with van der Waals surface area (Å²) < 4.78 is 3.04. The summed E-state index contributed by atoms with van der Waals surface area (Å²) in [5, 5.41) is 9.62. The van der Waals surface area contributed by atoms with E-state index < -0.39 is 0 Å². The third kappa shape index (κ3) is 4.41. The molecular weight excluding hydrogens is 410 g/mol. The number of benzene rings is 1. The van der Waals surface area contributed by atoms with Crippen LogP contribution in [0.25, 0.3) is 0 Å². The van der Waals surface area contributed by atoms with Crippen molar-refractivity contribution in [3.8, 4) is 0 Å². The molecule has 7 heteroatoms. The highest BCUT2D eigenvalue weighted by molar-refractivity contribution is 9.11. The molecule has 2 heterocycles. The normalized spacial score (nSPS) is 11.8. The maximum Gasteiger partial charge on any atom is 0.181 e. The molecule has 3 nitrogen and oxygen atoms in total. The minimum absolute atomic E-state index is 0.0355. The molecule has 3 aromatic rings. The lowest BCUT2D eigenvalue weighted by atomic mass is 9.93. The van der Waals surface area contributed by atoms with E-state index in [0.29, 0.717) is 0 Å². The number of hydrogen-bond acceptors (Lipinski definition) is 6. The number of nitrogens with zero attached hydrogens (tertiary/aromatic N) is 3. The number of rotatable bonds is 4. The van der Waals surface area contributed by atoms with Crippen molar-refractivity contribution in [3.63, 3.8) is 0 Å². The van der Waals surface area contributed by atoms with Gasteiger partial charge in [-0.15, -0.1) is 10.2 Å². The lowest BCUT2D eigenvalue weighted by Gasteiger charge is -2.15. The van der Waals surface area contributed by atoms with Gasteiger partial charge >= 0.3 is 0 Å². The van der Waals surface area contributed by atoms with Gasteiger partial charge in [0.25, 0.3) is 0 Å². The molecule has 0 unspecified atom stereocenters. The molecule has 2 aromatic heterocycles. The highest BCUT2D eigenvalue weighted by Crippen LogP contribution is 2.40. The molecule has 0 N–H and O–H groups in total. The quantitative estimate of drug-likeness (QED) is 0.529. The molecule has 0 aliphatic carbocycles. The van der Waals surface area contributed by atoms with Crippen molar-refractivity contribution in [2.45, 2.75) is 41.3 Å². The standard InChI is InChI=1S/C16H16BrN3S3/c1-16(2,3)12-13(17)22-14(18-12)23-15-20-19-11(21-15)9-10-7-5-4-6-8-10/h4-8H,9H2,1-3H3. The van der Waals surface area contributed by atoms with Crippen LogP contribution >= 0.6 is 50.4 Å². The average Bonchev–Trinajstić information content (AvgIpc) is 3.07. The summed E-state index contributed by atoms with van der Waals surface area (Å²) in [4.78, 5) is 4.74. The van der Waals surface area contributed by atoms with Crippen LogP contribution in [0.5, 0.6) is 0 Å². The lowest BCUT2D eigenvalue weighted by Crippen LogP contribution is -2.12. The zero-order valence-electron chi connectivity index (χ0n) is 13.0. The van der Waals surface area contributed by atoms with Gasteiger partial charge in [0.05, 0.1) is 9.48 Å². The van der Waals surface area contributed by atoms with Crippen LogP contribution in [0.3, 0.4) is 0 Å². The van der Waals surface area contributed by atoms with Crippen molar-refractivity contribution in [1.29, 1.82) is 0 Å². The van der Waals surface area contributed by atoms with Gasteiger partial charge in [-0.2, -0.15) is 0 Å². The molecule has 23 heavy (non-hydrogen) atoms. The van der Waals surface area contributed by atoms with Crippen LogP contribution in [-0.2, 0) is 11.8 Å². The van der Waals surface area contributed by atoms with E-state index in [1.54, 1.807) is 34.4 Å². The molecule has 0 bridgehead atoms. The summed E-state index contributed by atoms with van der Waals surface area (Å²) in [6, 6.07) is 10.3. The Bertz CT molecular complexity index is 791. The fraction of sp³-hybridized carbons (Fsp3) is 0.312. The molecule has 0 radical (unpaired) electrons. The zero-order valence-corrected chi connectivity index (χ0v) is 17.1. The van der Waals surface area contributed by atoms with Crippen molar-refractivity contribution >= 4 is 50.4 Å². The Morgan fingerprint density at radius 2 is 1.78 bits per heavy atom. The third-order valence-corrected chi connectivity index (χ3v) is 6.84. The highest BCUT2D eigenvalue weighted by atomic mass is 79.9. The van der Waals surface area contributed by atoms with Crippen LogP contribution in [0.1, 0.15) is 37.0 Å². The second-order valence-corrected chi connectivity index (χ2v) is 11.0. The molecule has 0 saturated carbocycles. The van der Waals surface area contributed by atoms with E-state index in [4.69, 9.17) is 4.98 Å². The van der Waals surface area contributed by atoms with Gasteiger partial charge in [0.2, 0.25) is 0 Å². The highest BCUT2D eigenvalue weighted by Gasteiger charge is 2.23. The summed E-state index contributed by atoms with van der Waals surface area (Å²) in [5.41, 5.74) is 2.39. The van der Waals surface area contributed by atoms with Crippen molar-refractivity contribution in [1.82, 2.24) is 15.2 Å². The minimum atomic E-state index is 0.0355. The van der Waals surface area contributed by atoms with E-state index >= 15 is 0 Å². The van der Waals surface area contributed by atoms with Gasteiger partial charge in [0.1, 0.15) is 5.01 Å². The maximum atomic E-state index is 4.74. The third-order valence-electron chi connectivity index (χ3n) is 3.10. The van der Waals surface area contributed by atoms with E-state index in [1.807, 2.05) is 18.2 Å². The van der Waals surface area contributed by atoms with Gasteiger partial charge in [-0.1, -0.05) is 73.8 Å². The Balaban J connectivity index is 1.72. The SMILES string of the molecule is CC(C)(C)c1nc(Sc2nnc(Cc3ccccc3)s2)sc1Br. The largest absolute Gasteiger partial charge is 0.232 e. The summed E-state index contributed by atoms with van der Waals surface area (Å²) in [6.45, 7) is 6.51.